The van der Waals surface area contributed by atoms with Gasteiger partial charge in [-0.05, 0) is 53.0 Å². The number of primary sulfonamides is 1. The van der Waals surface area contributed by atoms with Crippen molar-refractivity contribution >= 4 is 32.8 Å². The third kappa shape index (κ3) is 3.70. The standard InChI is InChI=1S/C18H13ClF3NO2S/c19-17-9-6-12(10-16(17)18(20,21)22)15-3-1-2-14(15)11-4-7-13(8-5-11)26(23,24)25/h2-10H,1H2,(H2,23,24,25). The van der Waals surface area contributed by atoms with Gasteiger partial charge in [0.2, 0.25) is 10.0 Å². The lowest BCUT2D eigenvalue weighted by Crippen LogP contribution is -2.11. The summed E-state index contributed by atoms with van der Waals surface area (Å²) >= 11 is 5.68. The van der Waals surface area contributed by atoms with Gasteiger partial charge in [-0.25, -0.2) is 13.6 Å². The first-order valence-electron chi connectivity index (χ1n) is 7.48. The van der Waals surface area contributed by atoms with Crippen LogP contribution in [0.2, 0.25) is 5.02 Å². The zero-order valence-corrected chi connectivity index (χ0v) is 14.8. The predicted molar refractivity (Wildman–Crippen MR) is 94.8 cm³/mol. The lowest BCUT2D eigenvalue weighted by Gasteiger charge is -2.14. The molecule has 3 nitrogen and oxygen atoms in total. The Morgan fingerprint density at radius 1 is 0.923 bits per heavy atom. The molecule has 0 saturated carbocycles. The number of alkyl halides is 3. The zero-order chi connectivity index (χ0) is 19.1. The van der Waals surface area contributed by atoms with Crippen LogP contribution in [0.3, 0.4) is 0 Å². The van der Waals surface area contributed by atoms with Gasteiger partial charge in [0.05, 0.1) is 15.5 Å². The van der Waals surface area contributed by atoms with E-state index in [4.69, 9.17) is 16.7 Å². The Morgan fingerprint density at radius 2 is 1.46 bits per heavy atom. The molecule has 2 aromatic carbocycles. The molecule has 0 radical (unpaired) electrons. The number of halogens is 4. The highest BCUT2D eigenvalue weighted by atomic mass is 35.5. The van der Waals surface area contributed by atoms with Crippen LogP contribution in [0.15, 0.2) is 59.5 Å². The molecule has 1 aliphatic carbocycles. The van der Waals surface area contributed by atoms with E-state index in [0.29, 0.717) is 23.1 Å². The number of hydrogen-bond donors (Lipinski definition) is 1. The third-order valence-corrected chi connectivity index (χ3v) is 5.27. The molecular formula is C18H13ClF3NO2S. The van der Waals surface area contributed by atoms with Crippen molar-refractivity contribution in [3.63, 3.8) is 0 Å². The van der Waals surface area contributed by atoms with Crippen molar-refractivity contribution in [3.8, 4) is 0 Å². The summed E-state index contributed by atoms with van der Waals surface area (Å²) in [5, 5.41) is 4.72. The summed E-state index contributed by atoms with van der Waals surface area (Å²) in [4.78, 5) is -0.0313. The quantitative estimate of drug-likeness (QED) is 0.799. The molecule has 0 aliphatic heterocycles. The Hall–Kier alpha value is -2.09. The van der Waals surface area contributed by atoms with Crippen LogP contribution in [0.5, 0.6) is 0 Å². The van der Waals surface area contributed by atoms with Crippen LogP contribution < -0.4 is 5.14 Å². The second-order valence-electron chi connectivity index (χ2n) is 5.73. The van der Waals surface area contributed by atoms with Crippen LogP contribution >= 0.6 is 11.6 Å². The van der Waals surface area contributed by atoms with Crippen molar-refractivity contribution in [3.05, 3.63) is 76.3 Å². The lowest BCUT2D eigenvalue weighted by atomic mass is 9.94. The second-order valence-corrected chi connectivity index (χ2v) is 7.70. The van der Waals surface area contributed by atoms with Crippen molar-refractivity contribution in [2.75, 3.05) is 0 Å². The molecule has 0 spiro atoms. The van der Waals surface area contributed by atoms with Gasteiger partial charge in [-0.3, -0.25) is 0 Å². The number of rotatable bonds is 3. The summed E-state index contributed by atoms with van der Waals surface area (Å²) in [5.74, 6) is 0. The van der Waals surface area contributed by atoms with Gasteiger partial charge in [-0.2, -0.15) is 13.2 Å². The fourth-order valence-electron chi connectivity index (χ4n) is 2.80. The van der Waals surface area contributed by atoms with E-state index >= 15 is 0 Å². The monoisotopic (exact) mass is 399 g/mol. The molecule has 0 atom stereocenters. The Bertz CT molecular complexity index is 1020. The van der Waals surface area contributed by atoms with E-state index in [1.807, 2.05) is 12.2 Å². The molecule has 26 heavy (non-hydrogen) atoms. The van der Waals surface area contributed by atoms with E-state index in [9.17, 15) is 21.6 Å². The molecule has 2 N–H and O–H groups in total. The smallest absolute Gasteiger partial charge is 0.225 e. The molecule has 0 fully saturated rings. The van der Waals surface area contributed by atoms with Crippen LogP contribution in [0, 0.1) is 0 Å². The zero-order valence-electron chi connectivity index (χ0n) is 13.2. The fraction of sp³-hybridized carbons (Fsp3) is 0.111. The molecule has 3 rings (SSSR count). The van der Waals surface area contributed by atoms with Crippen LogP contribution in [-0.2, 0) is 16.2 Å². The number of hydrogen-bond acceptors (Lipinski definition) is 2. The van der Waals surface area contributed by atoms with E-state index in [-0.39, 0.29) is 9.92 Å². The maximum Gasteiger partial charge on any atom is 0.417 e. The Balaban J connectivity index is 1.99. The second kappa shape index (κ2) is 6.57. The van der Waals surface area contributed by atoms with Crippen LogP contribution in [0.25, 0.3) is 11.1 Å². The van der Waals surface area contributed by atoms with Gasteiger partial charge >= 0.3 is 6.18 Å². The average molecular weight is 400 g/mol. The molecule has 0 heterocycles. The molecule has 0 bridgehead atoms. The van der Waals surface area contributed by atoms with Gasteiger partial charge < -0.3 is 0 Å². The van der Waals surface area contributed by atoms with Crippen molar-refractivity contribution in [2.45, 2.75) is 17.5 Å². The highest BCUT2D eigenvalue weighted by molar-refractivity contribution is 7.89. The first kappa shape index (κ1) is 18.7. The highest BCUT2D eigenvalue weighted by Gasteiger charge is 2.33. The van der Waals surface area contributed by atoms with Gasteiger partial charge in [0, 0.05) is 0 Å². The minimum atomic E-state index is -4.55. The summed E-state index contributed by atoms with van der Waals surface area (Å²) in [6, 6.07) is 9.65. The topological polar surface area (TPSA) is 60.2 Å². The van der Waals surface area contributed by atoms with Gasteiger partial charge in [0.1, 0.15) is 0 Å². The van der Waals surface area contributed by atoms with E-state index < -0.39 is 21.8 Å². The fourth-order valence-corrected chi connectivity index (χ4v) is 3.54. The van der Waals surface area contributed by atoms with Gasteiger partial charge in [-0.15, -0.1) is 0 Å². The maximum atomic E-state index is 13.1. The number of nitrogens with two attached hydrogens (primary N) is 1. The van der Waals surface area contributed by atoms with Gasteiger partial charge in [0.15, 0.2) is 0 Å². The molecule has 0 aromatic heterocycles. The van der Waals surface area contributed by atoms with Crippen molar-refractivity contribution < 1.29 is 21.6 Å². The minimum Gasteiger partial charge on any atom is -0.225 e. The summed E-state index contributed by atoms with van der Waals surface area (Å²) < 4.78 is 62.0. The van der Waals surface area contributed by atoms with E-state index in [1.165, 1.54) is 24.3 Å². The molecular weight excluding hydrogens is 387 g/mol. The molecule has 0 saturated heterocycles. The molecule has 0 unspecified atom stereocenters. The number of benzene rings is 2. The van der Waals surface area contributed by atoms with Crippen molar-refractivity contribution in [2.24, 2.45) is 5.14 Å². The molecule has 136 valence electrons. The van der Waals surface area contributed by atoms with Gasteiger partial charge in [-0.1, -0.05) is 42.0 Å². The predicted octanol–water partition coefficient (Wildman–Crippen LogP) is 4.88. The number of sulfonamides is 1. The Labute approximate surface area is 153 Å². The average Bonchev–Trinajstić information content (AvgIpc) is 3.03. The third-order valence-electron chi connectivity index (χ3n) is 4.01. The van der Waals surface area contributed by atoms with E-state index in [2.05, 4.69) is 0 Å². The first-order chi connectivity index (χ1) is 12.1. The molecule has 8 heteroatoms. The lowest BCUT2D eigenvalue weighted by molar-refractivity contribution is -0.137. The minimum absolute atomic E-state index is 0.0313. The molecule has 0 amide bonds. The van der Waals surface area contributed by atoms with Gasteiger partial charge in [0.25, 0.3) is 0 Å². The highest BCUT2D eigenvalue weighted by Crippen LogP contribution is 2.41. The maximum absolute atomic E-state index is 13.1. The largest absolute Gasteiger partial charge is 0.417 e. The van der Waals surface area contributed by atoms with Crippen LogP contribution in [0.4, 0.5) is 13.2 Å². The summed E-state index contributed by atoms with van der Waals surface area (Å²) in [5.41, 5.74) is 1.54. The SMILES string of the molecule is NS(=O)(=O)c1ccc(C2=CCC=C2c2ccc(Cl)c(C(F)(F)F)c2)cc1. The first-order valence-corrected chi connectivity index (χ1v) is 9.41. The number of allylic oxidation sites excluding steroid dienone is 4. The van der Waals surface area contributed by atoms with Crippen molar-refractivity contribution in [1.29, 1.82) is 0 Å². The van der Waals surface area contributed by atoms with E-state index in [0.717, 1.165) is 11.6 Å². The molecule has 1 aliphatic rings. The normalized spacial score (nSPS) is 15.0. The summed E-state index contributed by atoms with van der Waals surface area (Å²) in [6.07, 6.45) is -0.311. The Kier molecular flexibility index (Phi) is 4.72. The summed E-state index contributed by atoms with van der Waals surface area (Å²) in [7, 11) is -3.81. The van der Waals surface area contributed by atoms with Crippen LogP contribution in [0.1, 0.15) is 23.1 Å². The Morgan fingerprint density at radius 3 is 2.00 bits per heavy atom. The van der Waals surface area contributed by atoms with Crippen LogP contribution in [-0.4, -0.2) is 8.42 Å². The van der Waals surface area contributed by atoms with Crippen molar-refractivity contribution in [1.82, 2.24) is 0 Å². The van der Waals surface area contributed by atoms with E-state index in [1.54, 1.807) is 12.1 Å². The molecule has 2 aromatic rings. The summed E-state index contributed by atoms with van der Waals surface area (Å²) in [6.45, 7) is 0.